The van der Waals surface area contributed by atoms with E-state index in [4.69, 9.17) is 4.74 Å². The fraction of sp³-hybridized carbons (Fsp3) is 0.560. The summed E-state index contributed by atoms with van der Waals surface area (Å²) < 4.78 is 18.5. The van der Waals surface area contributed by atoms with Crippen molar-refractivity contribution in [3.05, 3.63) is 54.1 Å². The van der Waals surface area contributed by atoms with Gasteiger partial charge in [0.15, 0.2) is 5.25 Å². The van der Waals surface area contributed by atoms with Crippen molar-refractivity contribution in [1.29, 1.82) is 0 Å². The van der Waals surface area contributed by atoms with E-state index < -0.39 is 33.7 Å². The molecule has 0 aliphatic heterocycles. The van der Waals surface area contributed by atoms with Crippen molar-refractivity contribution in [2.24, 2.45) is 0 Å². The third-order valence-corrected chi connectivity index (χ3v) is 6.16. The smallest absolute Gasteiger partial charge is 0.325 e. The zero-order valence-electron chi connectivity index (χ0n) is 19.1. The van der Waals surface area contributed by atoms with Crippen LogP contribution in [0.5, 0.6) is 0 Å². The van der Waals surface area contributed by atoms with Crippen LogP contribution in [0.2, 0.25) is 0 Å². The lowest BCUT2D eigenvalue weighted by Gasteiger charge is -2.26. The van der Waals surface area contributed by atoms with Crippen molar-refractivity contribution in [2.75, 3.05) is 0 Å². The molecule has 1 aromatic rings. The third kappa shape index (κ3) is 10.4. The highest BCUT2D eigenvalue weighted by Gasteiger charge is 2.36. The summed E-state index contributed by atoms with van der Waals surface area (Å²) in [5, 5.41) is 9.55. The number of esters is 1. The summed E-state index contributed by atoms with van der Waals surface area (Å²) in [7, 11) is -1.71. The molecule has 0 heterocycles. The first-order valence-electron chi connectivity index (χ1n) is 10.9. The molecule has 3 atom stereocenters. The molecule has 0 fully saturated rings. The molecule has 0 radical (unpaired) electrons. The number of carbonyl (C=O) groups is 1. The molecular formula is C25H38O4S. The summed E-state index contributed by atoms with van der Waals surface area (Å²) in [6, 6.07) is 7.15. The normalized spacial score (nSPS) is 15.4. The van der Waals surface area contributed by atoms with Gasteiger partial charge in [-0.25, -0.2) is 0 Å². The molecule has 0 saturated carbocycles. The Morgan fingerprint density at radius 1 is 1.10 bits per heavy atom. The lowest BCUT2D eigenvalue weighted by molar-refractivity contribution is -0.156. The summed E-state index contributed by atoms with van der Waals surface area (Å²) >= 11 is 0. The highest BCUT2D eigenvalue weighted by molar-refractivity contribution is 7.86. The van der Waals surface area contributed by atoms with E-state index in [1.165, 1.54) is 25.7 Å². The van der Waals surface area contributed by atoms with Crippen molar-refractivity contribution < 1.29 is 18.8 Å². The molecule has 30 heavy (non-hydrogen) atoms. The number of hydrogen-bond donors (Lipinski definition) is 1. The number of aliphatic hydroxyl groups excluding tert-OH is 1. The van der Waals surface area contributed by atoms with E-state index in [9.17, 15) is 14.1 Å². The number of ether oxygens (including phenoxy) is 1. The van der Waals surface area contributed by atoms with Crippen molar-refractivity contribution in [3.8, 4) is 0 Å². The Bertz CT molecular complexity index is 714. The summed E-state index contributed by atoms with van der Waals surface area (Å²) in [5.41, 5.74) is 0.317. The van der Waals surface area contributed by atoms with Crippen LogP contribution in [0.4, 0.5) is 0 Å². The minimum atomic E-state index is -1.71. The second kappa shape index (κ2) is 13.6. The van der Waals surface area contributed by atoms with E-state index in [-0.39, 0.29) is 6.42 Å². The molecule has 4 nitrogen and oxygen atoms in total. The molecule has 1 unspecified atom stereocenters. The molecule has 0 saturated heterocycles. The van der Waals surface area contributed by atoms with E-state index in [1.807, 2.05) is 31.2 Å². The zero-order chi connectivity index (χ0) is 22.6. The first kappa shape index (κ1) is 26.3. The minimum absolute atomic E-state index is 0.224. The number of carbonyl (C=O) groups excluding carboxylic acids is 1. The largest absolute Gasteiger partial charge is 0.459 e. The van der Waals surface area contributed by atoms with Gasteiger partial charge in [0, 0.05) is 4.90 Å². The van der Waals surface area contributed by atoms with E-state index in [2.05, 4.69) is 13.0 Å². The van der Waals surface area contributed by atoms with Crippen LogP contribution in [0.15, 0.2) is 53.5 Å². The van der Waals surface area contributed by atoms with Crippen molar-refractivity contribution >= 4 is 16.8 Å². The van der Waals surface area contributed by atoms with Crippen molar-refractivity contribution in [1.82, 2.24) is 0 Å². The zero-order valence-corrected chi connectivity index (χ0v) is 19.9. The molecule has 0 bridgehead atoms. The third-order valence-electron chi connectivity index (χ3n) is 4.46. The lowest BCUT2D eigenvalue weighted by Crippen LogP contribution is -2.42. The highest BCUT2D eigenvalue weighted by Crippen LogP contribution is 2.21. The van der Waals surface area contributed by atoms with Gasteiger partial charge in [-0.1, -0.05) is 68.2 Å². The average Bonchev–Trinajstić information content (AvgIpc) is 2.66. The van der Waals surface area contributed by atoms with Crippen molar-refractivity contribution in [3.63, 3.8) is 0 Å². The molecule has 1 N–H and O–H groups in total. The predicted molar refractivity (Wildman–Crippen MR) is 125 cm³/mol. The summed E-state index contributed by atoms with van der Waals surface area (Å²) in [6.45, 7) is 9.41. The fourth-order valence-electron chi connectivity index (χ4n) is 2.85. The Kier molecular flexibility index (Phi) is 11.9. The van der Waals surface area contributed by atoms with Crippen LogP contribution in [-0.2, 0) is 20.3 Å². The number of hydrogen-bond acceptors (Lipinski definition) is 4. The maximum absolute atomic E-state index is 13.1. The highest BCUT2D eigenvalue weighted by atomic mass is 32.2. The molecule has 168 valence electrons. The quantitative estimate of drug-likeness (QED) is 0.262. The van der Waals surface area contributed by atoms with E-state index in [1.54, 1.807) is 39.0 Å². The van der Waals surface area contributed by atoms with Gasteiger partial charge in [0.25, 0.3) is 0 Å². The molecule has 1 aromatic carbocycles. The fourth-order valence-corrected chi connectivity index (χ4v) is 4.17. The van der Waals surface area contributed by atoms with Gasteiger partial charge < -0.3 is 9.84 Å². The SMILES string of the molecule is CCCCCC/C=C\C=C/C[C@@H](O)[C@H](C(=O)OC(C)(C)C)S(=O)c1ccc(C)cc1. The Morgan fingerprint density at radius 2 is 1.73 bits per heavy atom. The van der Waals surface area contributed by atoms with Crippen LogP contribution in [-0.4, -0.2) is 32.2 Å². The molecule has 0 aliphatic carbocycles. The number of aliphatic hydroxyl groups is 1. The Labute approximate surface area is 184 Å². The Morgan fingerprint density at radius 3 is 2.33 bits per heavy atom. The number of benzene rings is 1. The number of unbranched alkanes of at least 4 members (excludes halogenated alkanes) is 4. The maximum atomic E-state index is 13.1. The first-order valence-corrected chi connectivity index (χ1v) is 12.1. The summed E-state index contributed by atoms with van der Waals surface area (Å²) in [4.78, 5) is 13.2. The molecule has 0 aromatic heterocycles. The number of aryl methyl sites for hydroxylation is 1. The van der Waals surface area contributed by atoms with Crippen LogP contribution >= 0.6 is 0 Å². The van der Waals surface area contributed by atoms with Crippen LogP contribution in [0.1, 0.15) is 71.8 Å². The summed E-state index contributed by atoms with van der Waals surface area (Å²) in [5.74, 6) is -0.645. The standard InChI is InChI=1S/C25H38O4S/c1-6-7-8-9-10-11-12-13-14-15-22(26)23(24(27)29-25(3,4)5)30(28)21-18-16-20(2)17-19-21/h11-14,16-19,22-23,26H,6-10,15H2,1-5H3/b12-11-,14-13-/t22-,23-,30?/m1/s1. The van der Waals surface area contributed by atoms with Crippen LogP contribution in [0, 0.1) is 6.92 Å². The van der Waals surface area contributed by atoms with Gasteiger partial charge in [0.05, 0.1) is 16.9 Å². The summed E-state index contributed by atoms with van der Waals surface area (Å²) in [6.07, 6.45) is 12.8. The van der Waals surface area contributed by atoms with Gasteiger partial charge in [0.2, 0.25) is 0 Å². The average molecular weight is 435 g/mol. The van der Waals surface area contributed by atoms with Gasteiger partial charge >= 0.3 is 5.97 Å². The topological polar surface area (TPSA) is 63.6 Å². The van der Waals surface area contributed by atoms with Gasteiger partial charge in [-0.15, -0.1) is 0 Å². The van der Waals surface area contributed by atoms with Crippen molar-refractivity contribution in [2.45, 2.75) is 95.0 Å². The monoisotopic (exact) mass is 434 g/mol. The number of allylic oxidation sites excluding steroid dienone is 3. The Balaban J connectivity index is 2.79. The van der Waals surface area contributed by atoms with E-state index >= 15 is 0 Å². The van der Waals surface area contributed by atoms with Gasteiger partial charge in [-0.3, -0.25) is 9.00 Å². The van der Waals surface area contributed by atoms with Gasteiger partial charge in [-0.2, -0.15) is 0 Å². The second-order valence-electron chi connectivity index (χ2n) is 8.57. The number of rotatable bonds is 12. The van der Waals surface area contributed by atoms with Crippen LogP contribution < -0.4 is 0 Å². The molecule has 0 aliphatic rings. The lowest BCUT2D eigenvalue weighted by atomic mass is 10.1. The first-order chi connectivity index (χ1) is 14.2. The molecular weight excluding hydrogens is 396 g/mol. The van der Waals surface area contributed by atoms with Gasteiger partial charge in [-0.05, 0) is 59.1 Å². The minimum Gasteiger partial charge on any atom is -0.459 e. The molecule has 5 heteroatoms. The molecule has 0 amide bonds. The Hall–Kier alpha value is -1.72. The van der Waals surface area contributed by atoms with Crippen LogP contribution in [0.25, 0.3) is 0 Å². The molecule has 0 spiro atoms. The second-order valence-corrected chi connectivity index (χ2v) is 10.1. The molecule has 1 rings (SSSR count). The van der Waals surface area contributed by atoms with E-state index in [0.29, 0.717) is 4.90 Å². The maximum Gasteiger partial charge on any atom is 0.325 e. The van der Waals surface area contributed by atoms with E-state index in [0.717, 1.165) is 12.0 Å². The van der Waals surface area contributed by atoms with Crippen LogP contribution in [0.3, 0.4) is 0 Å². The van der Waals surface area contributed by atoms with Gasteiger partial charge in [0.1, 0.15) is 5.60 Å². The predicted octanol–water partition coefficient (Wildman–Crippen LogP) is 5.65.